The van der Waals surface area contributed by atoms with Crippen molar-refractivity contribution in [3.8, 4) is 0 Å². The summed E-state index contributed by atoms with van der Waals surface area (Å²) in [5.74, 6) is -1.54. The van der Waals surface area contributed by atoms with Gasteiger partial charge in [0.1, 0.15) is 0 Å². The number of ether oxygens (including phenoxy) is 2. The summed E-state index contributed by atoms with van der Waals surface area (Å²) in [6, 6.07) is 0. The number of alkyl halides is 3. The van der Waals surface area contributed by atoms with E-state index in [1.165, 1.54) is 7.11 Å². The molecule has 4 nitrogen and oxygen atoms in total. The van der Waals surface area contributed by atoms with Crippen molar-refractivity contribution in [2.24, 2.45) is 0 Å². The van der Waals surface area contributed by atoms with Gasteiger partial charge in [0.15, 0.2) is 6.10 Å². The minimum absolute atomic E-state index is 0.210. The van der Waals surface area contributed by atoms with Crippen molar-refractivity contribution in [2.75, 3.05) is 13.7 Å². The zero-order valence-corrected chi connectivity index (χ0v) is 10.0. The highest BCUT2D eigenvalue weighted by molar-refractivity contribution is 5.67. The topological polar surface area (TPSA) is 55.8 Å². The van der Waals surface area contributed by atoms with Crippen molar-refractivity contribution in [3.63, 3.8) is 0 Å². The third-order valence-corrected chi connectivity index (χ3v) is 2.30. The molecule has 0 bridgehead atoms. The maximum atomic E-state index is 12.4. The van der Waals surface area contributed by atoms with Crippen LogP contribution in [0.5, 0.6) is 0 Å². The molecule has 0 aliphatic rings. The third kappa shape index (κ3) is 7.17. The summed E-state index contributed by atoms with van der Waals surface area (Å²) in [5.41, 5.74) is -0.598. The van der Waals surface area contributed by atoms with Crippen molar-refractivity contribution in [3.05, 3.63) is 0 Å². The molecule has 0 aliphatic heterocycles. The third-order valence-electron chi connectivity index (χ3n) is 2.30. The molecule has 0 radical (unpaired) electrons. The van der Waals surface area contributed by atoms with Crippen LogP contribution in [0.25, 0.3) is 0 Å². The number of carboxylic acids is 1. The first kappa shape index (κ1) is 16.2. The largest absolute Gasteiger partial charge is 0.481 e. The Kier molecular flexibility index (Phi) is 5.91. The van der Waals surface area contributed by atoms with Crippen LogP contribution in [0.4, 0.5) is 13.2 Å². The van der Waals surface area contributed by atoms with Crippen LogP contribution in [0.3, 0.4) is 0 Å². The van der Waals surface area contributed by atoms with E-state index in [4.69, 9.17) is 9.84 Å². The average Bonchev–Trinajstić information content (AvgIpc) is 2.14. The van der Waals surface area contributed by atoms with Crippen LogP contribution in [0.15, 0.2) is 0 Å². The second-order valence-electron chi connectivity index (χ2n) is 4.21. The van der Waals surface area contributed by atoms with E-state index in [-0.39, 0.29) is 13.0 Å². The summed E-state index contributed by atoms with van der Waals surface area (Å²) in [6.45, 7) is 3.20. The van der Waals surface area contributed by atoms with E-state index in [0.29, 0.717) is 0 Å². The maximum Gasteiger partial charge on any atom is 0.415 e. The Morgan fingerprint density at radius 1 is 1.35 bits per heavy atom. The first-order chi connectivity index (χ1) is 7.58. The lowest BCUT2D eigenvalue weighted by atomic mass is 10.1. The van der Waals surface area contributed by atoms with Crippen LogP contribution < -0.4 is 0 Å². The normalized spacial score (nSPS) is 14.7. The van der Waals surface area contributed by atoms with E-state index in [0.717, 1.165) is 0 Å². The molecule has 0 aromatic rings. The highest BCUT2D eigenvalue weighted by Gasteiger charge is 2.42. The molecule has 17 heavy (non-hydrogen) atoms. The molecule has 0 aliphatic carbocycles. The van der Waals surface area contributed by atoms with Gasteiger partial charge in [-0.1, -0.05) is 0 Å². The lowest BCUT2D eigenvalue weighted by molar-refractivity contribution is -0.226. The zero-order chi connectivity index (χ0) is 13.7. The fourth-order valence-corrected chi connectivity index (χ4v) is 0.977. The second-order valence-corrected chi connectivity index (χ2v) is 4.21. The van der Waals surface area contributed by atoms with Gasteiger partial charge in [-0.2, -0.15) is 13.2 Å². The Hall–Kier alpha value is -0.820. The van der Waals surface area contributed by atoms with Gasteiger partial charge in [0.2, 0.25) is 0 Å². The molecule has 7 heteroatoms. The fourth-order valence-electron chi connectivity index (χ4n) is 0.977. The highest BCUT2D eigenvalue weighted by Crippen LogP contribution is 2.26. The highest BCUT2D eigenvalue weighted by atomic mass is 19.4. The smallest absolute Gasteiger partial charge is 0.415 e. The minimum Gasteiger partial charge on any atom is -0.481 e. The summed E-state index contributed by atoms with van der Waals surface area (Å²) >= 11 is 0. The number of halogens is 3. The molecule has 0 aromatic carbocycles. The number of aliphatic carboxylic acids is 1. The predicted octanol–water partition coefficient (Wildman–Crippen LogP) is 2.22. The first-order valence-corrected chi connectivity index (χ1v) is 5.04. The SMILES string of the molecule is COC(C)(C)CCOC(CC(=O)O)C(F)(F)F. The van der Waals surface area contributed by atoms with E-state index in [2.05, 4.69) is 4.74 Å². The average molecular weight is 258 g/mol. The van der Waals surface area contributed by atoms with Crippen LogP contribution in [0.2, 0.25) is 0 Å². The van der Waals surface area contributed by atoms with Crippen molar-refractivity contribution in [2.45, 2.75) is 44.6 Å². The van der Waals surface area contributed by atoms with Crippen LogP contribution in [0.1, 0.15) is 26.7 Å². The van der Waals surface area contributed by atoms with E-state index >= 15 is 0 Å². The minimum atomic E-state index is -4.67. The van der Waals surface area contributed by atoms with Crippen LogP contribution >= 0.6 is 0 Å². The number of methoxy groups -OCH3 is 1. The Morgan fingerprint density at radius 2 is 1.88 bits per heavy atom. The molecular weight excluding hydrogens is 241 g/mol. The Morgan fingerprint density at radius 3 is 2.24 bits per heavy atom. The Labute approximate surface area is 97.7 Å². The molecule has 0 aromatic heterocycles. The van der Waals surface area contributed by atoms with E-state index in [1.807, 2.05) is 0 Å². The Bertz CT molecular complexity index is 250. The standard InChI is InChI=1S/C10H17F3O4/c1-9(2,16-3)4-5-17-7(6-8(14)15)10(11,12)13/h7H,4-6H2,1-3H3,(H,14,15). The molecule has 0 heterocycles. The van der Waals surface area contributed by atoms with Crippen molar-refractivity contribution < 1.29 is 32.5 Å². The van der Waals surface area contributed by atoms with Gasteiger partial charge in [-0.15, -0.1) is 0 Å². The molecule has 0 amide bonds. The number of carboxylic acid groups (broad SMARTS) is 1. The van der Waals surface area contributed by atoms with Crippen molar-refractivity contribution >= 4 is 5.97 Å². The van der Waals surface area contributed by atoms with Gasteiger partial charge in [-0.3, -0.25) is 4.79 Å². The van der Waals surface area contributed by atoms with Gasteiger partial charge in [-0.05, 0) is 20.3 Å². The van der Waals surface area contributed by atoms with Gasteiger partial charge in [0, 0.05) is 7.11 Å². The van der Waals surface area contributed by atoms with E-state index in [1.54, 1.807) is 13.8 Å². The van der Waals surface area contributed by atoms with Gasteiger partial charge < -0.3 is 14.6 Å². The number of hydrogen-bond donors (Lipinski definition) is 1. The molecule has 1 unspecified atom stereocenters. The molecule has 0 fully saturated rings. The summed E-state index contributed by atoms with van der Waals surface area (Å²) < 4.78 is 46.7. The van der Waals surface area contributed by atoms with Gasteiger partial charge in [0.25, 0.3) is 0 Å². The maximum absolute atomic E-state index is 12.4. The van der Waals surface area contributed by atoms with Gasteiger partial charge >= 0.3 is 12.1 Å². The lowest BCUT2D eigenvalue weighted by Gasteiger charge is -2.25. The molecule has 0 saturated heterocycles. The monoisotopic (exact) mass is 258 g/mol. The lowest BCUT2D eigenvalue weighted by Crippen LogP contribution is -2.35. The molecular formula is C10H17F3O4. The molecule has 1 atom stereocenters. The Balaban J connectivity index is 4.23. The predicted molar refractivity (Wildman–Crippen MR) is 53.8 cm³/mol. The quantitative estimate of drug-likeness (QED) is 0.760. The van der Waals surface area contributed by atoms with Gasteiger partial charge in [0.05, 0.1) is 18.6 Å². The van der Waals surface area contributed by atoms with Crippen LogP contribution in [-0.4, -0.2) is 42.7 Å². The van der Waals surface area contributed by atoms with E-state index < -0.39 is 30.3 Å². The van der Waals surface area contributed by atoms with Crippen LogP contribution in [-0.2, 0) is 14.3 Å². The number of hydrogen-bond acceptors (Lipinski definition) is 3. The molecule has 1 N–H and O–H groups in total. The van der Waals surface area contributed by atoms with Crippen molar-refractivity contribution in [1.82, 2.24) is 0 Å². The second kappa shape index (κ2) is 6.20. The van der Waals surface area contributed by atoms with Crippen molar-refractivity contribution in [1.29, 1.82) is 0 Å². The number of carbonyl (C=O) groups is 1. The molecule has 0 spiro atoms. The summed E-state index contributed by atoms with van der Waals surface area (Å²) in [7, 11) is 1.44. The molecule has 0 saturated carbocycles. The summed E-state index contributed by atoms with van der Waals surface area (Å²) in [6.07, 6.45) is -7.78. The van der Waals surface area contributed by atoms with E-state index in [9.17, 15) is 18.0 Å². The summed E-state index contributed by atoms with van der Waals surface area (Å²) in [5, 5.41) is 8.35. The van der Waals surface area contributed by atoms with Gasteiger partial charge in [-0.25, -0.2) is 0 Å². The van der Waals surface area contributed by atoms with Crippen LogP contribution in [0, 0.1) is 0 Å². The molecule has 0 rings (SSSR count). The fraction of sp³-hybridized carbons (Fsp3) is 0.900. The zero-order valence-electron chi connectivity index (χ0n) is 10.0. The summed E-state index contributed by atoms with van der Waals surface area (Å²) in [4.78, 5) is 10.3. The molecule has 102 valence electrons. The first-order valence-electron chi connectivity index (χ1n) is 5.04. The number of rotatable bonds is 7.